The van der Waals surface area contributed by atoms with Gasteiger partial charge < -0.3 is 14.5 Å². The summed E-state index contributed by atoms with van der Waals surface area (Å²) in [5.74, 6) is 0.641. The van der Waals surface area contributed by atoms with Gasteiger partial charge in [0.2, 0.25) is 0 Å². The molecule has 2 aromatic heterocycles. The molecule has 1 N–H and O–H groups in total. The van der Waals surface area contributed by atoms with E-state index in [0.717, 1.165) is 23.8 Å². The number of ether oxygens (including phenoxy) is 1. The van der Waals surface area contributed by atoms with Gasteiger partial charge in [-0.25, -0.2) is 0 Å². The lowest BCUT2D eigenvalue weighted by Gasteiger charge is -2.10. The van der Waals surface area contributed by atoms with Crippen molar-refractivity contribution >= 4 is 23.3 Å². The third-order valence-electron chi connectivity index (χ3n) is 4.22. The van der Waals surface area contributed by atoms with Crippen molar-refractivity contribution in [3.63, 3.8) is 0 Å². The summed E-state index contributed by atoms with van der Waals surface area (Å²) in [6.07, 6.45) is -1.18. The molecule has 0 bridgehead atoms. The molecule has 0 atom stereocenters. The monoisotopic (exact) mass is 446 g/mol. The van der Waals surface area contributed by atoms with Gasteiger partial charge in [-0.2, -0.15) is 13.2 Å². The van der Waals surface area contributed by atoms with Crippen molar-refractivity contribution < 1.29 is 22.3 Å². The minimum Gasteiger partial charge on any atom is -0.488 e. The van der Waals surface area contributed by atoms with E-state index in [-0.39, 0.29) is 22.6 Å². The first-order valence-electron chi connectivity index (χ1n) is 8.98. The first kappa shape index (κ1) is 20.7. The summed E-state index contributed by atoms with van der Waals surface area (Å²) < 4.78 is 50.3. The minimum atomic E-state index is -4.51. The van der Waals surface area contributed by atoms with E-state index >= 15 is 0 Å². The van der Waals surface area contributed by atoms with Gasteiger partial charge >= 0.3 is 12.2 Å². The van der Waals surface area contributed by atoms with Gasteiger partial charge in [-0.15, -0.1) is 5.10 Å². The number of hydrogen-bond donors (Lipinski definition) is 1. The highest BCUT2D eigenvalue weighted by Gasteiger charge is 2.31. The Hall–Kier alpha value is -3.59. The van der Waals surface area contributed by atoms with Gasteiger partial charge in [-0.05, 0) is 48.0 Å². The number of anilines is 2. The standard InChI is InChI=1S/C21H14ClF3N4O2/c22-16-6-5-14(21(23,24)25)11-17(16)27-20-29-28-19(31-20)15-3-1-2-4-18(15)30-12-13-7-9-26-10-8-13/h1-11H,12H2,(H,27,29). The quantitative estimate of drug-likeness (QED) is 0.384. The van der Waals surface area contributed by atoms with Crippen LogP contribution in [0.3, 0.4) is 0 Å². The average Bonchev–Trinajstić information content (AvgIpc) is 3.22. The number of para-hydroxylation sites is 1. The highest BCUT2D eigenvalue weighted by atomic mass is 35.5. The van der Waals surface area contributed by atoms with Gasteiger partial charge in [0.15, 0.2) is 0 Å². The smallest absolute Gasteiger partial charge is 0.416 e. The largest absolute Gasteiger partial charge is 0.488 e. The minimum absolute atomic E-state index is 0.00564. The van der Waals surface area contributed by atoms with Crippen LogP contribution in [0.1, 0.15) is 11.1 Å². The van der Waals surface area contributed by atoms with Crippen LogP contribution in [0.4, 0.5) is 24.9 Å². The lowest BCUT2D eigenvalue weighted by molar-refractivity contribution is -0.137. The zero-order valence-corrected chi connectivity index (χ0v) is 16.5. The predicted molar refractivity (Wildman–Crippen MR) is 108 cm³/mol. The maximum atomic E-state index is 13.0. The highest BCUT2D eigenvalue weighted by molar-refractivity contribution is 6.33. The van der Waals surface area contributed by atoms with Gasteiger partial charge in [0, 0.05) is 12.4 Å². The number of halogens is 4. The molecule has 158 valence electrons. The number of rotatable bonds is 6. The van der Waals surface area contributed by atoms with Crippen molar-refractivity contribution in [2.45, 2.75) is 12.8 Å². The lowest BCUT2D eigenvalue weighted by atomic mass is 10.2. The molecular formula is C21H14ClF3N4O2. The Labute approximate surface area is 179 Å². The molecular weight excluding hydrogens is 433 g/mol. The second kappa shape index (κ2) is 8.65. The van der Waals surface area contributed by atoms with Crippen LogP contribution in [0.5, 0.6) is 5.75 Å². The van der Waals surface area contributed by atoms with E-state index in [9.17, 15) is 13.2 Å². The van der Waals surface area contributed by atoms with Crippen molar-refractivity contribution in [2.75, 3.05) is 5.32 Å². The van der Waals surface area contributed by atoms with E-state index in [1.54, 1.807) is 36.7 Å². The van der Waals surface area contributed by atoms with Crippen LogP contribution >= 0.6 is 11.6 Å². The molecule has 0 radical (unpaired) electrons. The Kier molecular flexibility index (Phi) is 5.77. The fraction of sp³-hybridized carbons (Fsp3) is 0.0952. The lowest BCUT2D eigenvalue weighted by Crippen LogP contribution is -2.05. The molecule has 0 aliphatic carbocycles. The average molecular weight is 447 g/mol. The zero-order chi connectivity index (χ0) is 21.8. The predicted octanol–water partition coefficient (Wildman–Crippen LogP) is 6.13. The third-order valence-corrected chi connectivity index (χ3v) is 4.55. The summed E-state index contributed by atoms with van der Waals surface area (Å²) in [7, 11) is 0. The van der Waals surface area contributed by atoms with Crippen molar-refractivity contribution in [3.05, 3.63) is 83.1 Å². The molecule has 0 aliphatic rings. The van der Waals surface area contributed by atoms with E-state index in [4.69, 9.17) is 20.8 Å². The van der Waals surface area contributed by atoms with Gasteiger partial charge in [0.1, 0.15) is 12.4 Å². The molecule has 0 aliphatic heterocycles. The zero-order valence-electron chi connectivity index (χ0n) is 15.7. The molecule has 0 saturated carbocycles. The van der Waals surface area contributed by atoms with Crippen LogP contribution in [0, 0.1) is 0 Å². The van der Waals surface area contributed by atoms with Gasteiger partial charge in [-0.3, -0.25) is 4.98 Å². The van der Waals surface area contributed by atoms with Crippen molar-refractivity contribution in [2.24, 2.45) is 0 Å². The number of pyridine rings is 1. The number of aromatic nitrogens is 3. The van der Waals surface area contributed by atoms with Crippen molar-refractivity contribution in [1.82, 2.24) is 15.2 Å². The van der Waals surface area contributed by atoms with Crippen molar-refractivity contribution in [1.29, 1.82) is 0 Å². The number of alkyl halides is 3. The molecule has 31 heavy (non-hydrogen) atoms. The molecule has 0 spiro atoms. The fourth-order valence-electron chi connectivity index (χ4n) is 2.70. The summed E-state index contributed by atoms with van der Waals surface area (Å²) >= 11 is 6.00. The summed E-state index contributed by atoms with van der Waals surface area (Å²) in [6.45, 7) is 0.304. The molecule has 0 fully saturated rings. The van der Waals surface area contributed by atoms with E-state index in [1.807, 2.05) is 12.1 Å². The molecule has 2 heterocycles. The van der Waals surface area contributed by atoms with Crippen LogP contribution in [0.25, 0.3) is 11.5 Å². The first-order chi connectivity index (χ1) is 14.9. The van der Waals surface area contributed by atoms with Crippen molar-refractivity contribution in [3.8, 4) is 17.2 Å². The molecule has 2 aromatic carbocycles. The van der Waals surface area contributed by atoms with Crippen LogP contribution in [-0.4, -0.2) is 15.2 Å². The summed E-state index contributed by atoms with van der Waals surface area (Å²) in [5.41, 5.74) is 0.604. The van der Waals surface area contributed by atoms with Gasteiger partial charge in [0.05, 0.1) is 21.8 Å². The Bertz CT molecular complexity index is 1180. The topological polar surface area (TPSA) is 73.1 Å². The Balaban J connectivity index is 1.55. The van der Waals surface area contributed by atoms with Crippen LogP contribution in [-0.2, 0) is 12.8 Å². The van der Waals surface area contributed by atoms with Crippen LogP contribution < -0.4 is 10.1 Å². The second-order valence-electron chi connectivity index (χ2n) is 6.37. The molecule has 0 amide bonds. The highest BCUT2D eigenvalue weighted by Crippen LogP contribution is 2.36. The Morgan fingerprint density at radius 2 is 1.77 bits per heavy atom. The van der Waals surface area contributed by atoms with Gasteiger partial charge in [-0.1, -0.05) is 28.8 Å². The second-order valence-corrected chi connectivity index (χ2v) is 6.78. The maximum absolute atomic E-state index is 13.0. The molecule has 0 saturated heterocycles. The van der Waals surface area contributed by atoms with E-state index in [2.05, 4.69) is 20.5 Å². The normalized spacial score (nSPS) is 11.4. The Morgan fingerprint density at radius 1 is 1.00 bits per heavy atom. The molecule has 0 unspecified atom stereocenters. The summed E-state index contributed by atoms with van der Waals surface area (Å²) in [6, 6.07) is 13.5. The van der Waals surface area contributed by atoms with E-state index < -0.39 is 11.7 Å². The molecule has 10 heteroatoms. The van der Waals surface area contributed by atoms with Gasteiger partial charge in [0.25, 0.3) is 5.89 Å². The number of nitrogens with one attached hydrogen (secondary N) is 1. The SMILES string of the molecule is FC(F)(F)c1ccc(Cl)c(Nc2nnc(-c3ccccc3OCc3ccncc3)o2)c1. The number of nitrogens with zero attached hydrogens (tertiary/aromatic N) is 3. The molecule has 4 rings (SSSR count). The summed E-state index contributed by atoms with van der Waals surface area (Å²) in [4.78, 5) is 3.96. The number of benzene rings is 2. The molecule has 4 aromatic rings. The Morgan fingerprint density at radius 3 is 2.55 bits per heavy atom. The maximum Gasteiger partial charge on any atom is 0.416 e. The summed E-state index contributed by atoms with van der Waals surface area (Å²) in [5, 5.41) is 10.5. The fourth-order valence-corrected chi connectivity index (χ4v) is 2.87. The third kappa shape index (κ3) is 4.95. The first-order valence-corrected chi connectivity index (χ1v) is 9.36. The van der Waals surface area contributed by atoms with Crippen LogP contribution in [0.15, 0.2) is 71.4 Å². The molecule has 6 nitrogen and oxygen atoms in total. The van der Waals surface area contributed by atoms with Crippen LogP contribution in [0.2, 0.25) is 5.02 Å². The number of hydrogen-bond acceptors (Lipinski definition) is 6. The van der Waals surface area contributed by atoms with E-state index in [1.165, 1.54) is 0 Å². The van der Waals surface area contributed by atoms with E-state index in [0.29, 0.717) is 17.9 Å².